The fourth-order valence-electron chi connectivity index (χ4n) is 5.86. The minimum atomic E-state index is 0.343. The molecular formula is C26H43N3. The summed E-state index contributed by atoms with van der Waals surface area (Å²) in [7, 11) is 0. The molecule has 0 bridgehead atoms. The molecule has 3 nitrogen and oxygen atoms in total. The van der Waals surface area contributed by atoms with Crippen molar-refractivity contribution >= 4 is 5.69 Å². The average molecular weight is 398 g/mol. The van der Waals surface area contributed by atoms with E-state index in [2.05, 4.69) is 66.7 Å². The fourth-order valence-corrected chi connectivity index (χ4v) is 5.86. The Morgan fingerprint density at radius 1 is 0.828 bits per heavy atom. The van der Waals surface area contributed by atoms with Gasteiger partial charge in [-0.15, -0.1) is 0 Å². The summed E-state index contributed by atoms with van der Waals surface area (Å²) < 4.78 is 0. The smallest absolute Gasteiger partial charge is 0.0366 e. The first-order chi connectivity index (χ1) is 13.8. The molecule has 1 spiro atoms. The van der Waals surface area contributed by atoms with Crippen LogP contribution in [0.5, 0.6) is 0 Å². The lowest BCUT2D eigenvalue weighted by Gasteiger charge is -2.50. The predicted molar refractivity (Wildman–Crippen MR) is 125 cm³/mol. The summed E-state index contributed by atoms with van der Waals surface area (Å²) >= 11 is 0. The standard InChI is InChI=1S/C26H43N3/c1-22-5-7-24(8-6-22)28-15-9-23(10-16-28)21-27-17-11-26(12-18-27)13-19-29(20-14-26)25(2,3)4/h5-8,23H,9-21H2,1-4H3. The Kier molecular flexibility index (Phi) is 6.27. The summed E-state index contributed by atoms with van der Waals surface area (Å²) in [6.07, 6.45) is 8.44. The van der Waals surface area contributed by atoms with Gasteiger partial charge in [0.1, 0.15) is 0 Å². The van der Waals surface area contributed by atoms with Gasteiger partial charge in [0.15, 0.2) is 0 Å². The zero-order chi connectivity index (χ0) is 20.5. The average Bonchev–Trinajstić information content (AvgIpc) is 2.71. The lowest BCUT2D eigenvalue weighted by atomic mass is 9.70. The van der Waals surface area contributed by atoms with E-state index in [0.717, 1.165) is 5.92 Å². The van der Waals surface area contributed by atoms with E-state index < -0.39 is 0 Å². The zero-order valence-electron chi connectivity index (χ0n) is 19.4. The van der Waals surface area contributed by atoms with Crippen molar-refractivity contribution in [1.82, 2.24) is 9.80 Å². The van der Waals surface area contributed by atoms with Crippen LogP contribution in [0.1, 0.15) is 64.9 Å². The second-order valence-electron chi connectivity index (χ2n) is 11.2. The van der Waals surface area contributed by atoms with Crippen LogP contribution in [0.15, 0.2) is 24.3 Å². The number of aryl methyl sites for hydroxylation is 1. The molecule has 1 aromatic rings. The topological polar surface area (TPSA) is 9.72 Å². The SMILES string of the molecule is Cc1ccc(N2CCC(CN3CCC4(CC3)CCN(C(C)(C)C)CC4)CC2)cc1. The Morgan fingerprint density at radius 2 is 1.38 bits per heavy atom. The molecule has 0 amide bonds. The normalized spacial score (nSPS) is 24.9. The first-order valence-corrected chi connectivity index (χ1v) is 12.1. The number of likely N-dealkylation sites (tertiary alicyclic amines) is 2. The molecule has 3 aliphatic heterocycles. The highest BCUT2D eigenvalue weighted by Crippen LogP contribution is 2.42. The highest BCUT2D eigenvalue weighted by atomic mass is 15.2. The third-order valence-electron chi connectivity index (χ3n) is 8.22. The molecule has 3 aliphatic rings. The summed E-state index contributed by atoms with van der Waals surface area (Å²) in [5.41, 5.74) is 3.77. The van der Waals surface area contributed by atoms with Crippen molar-refractivity contribution in [3.8, 4) is 0 Å². The molecule has 0 saturated carbocycles. The molecule has 162 valence electrons. The monoisotopic (exact) mass is 397 g/mol. The summed E-state index contributed by atoms with van der Waals surface area (Å²) in [4.78, 5) is 8.09. The molecule has 3 saturated heterocycles. The number of piperidine rings is 3. The van der Waals surface area contributed by atoms with E-state index in [1.807, 2.05) is 0 Å². The maximum Gasteiger partial charge on any atom is 0.0366 e. The van der Waals surface area contributed by atoms with E-state index >= 15 is 0 Å². The molecule has 4 rings (SSSR count). The lowest BCUT2D eigenvalue weighted by Crippen LogP contribution is -2.52. The Hall–Kier alpha value is -1.06. The molecule has 3 heteroatoms. The molecule has 1 aromatic carbocycles. The summed E-state index contributed by atoms with van der Waals surface area (Å²) in [5.74, 6) is 0.897. The molecule has 29 heavy (non-hydrogen) atoms. The van der Waals surface area contributed by atoms with E-state index in [-0.39, 0.29) is 0 Å². The van der Waals surface area contributed by atoms with E-state index in [1.165, 1.54) is 95.6 Å². The summed E-state index contributed by atoms with van der Waals surface area (Å²) in [5, 5.41) is 0. The quantitative estimate of drug-likeness (QED) is 0.695. The lowest BCUT2D eigenvalue weighted by molar-refractivity contribution is 0.000130. The molecule has 0 radical (unpaired) electrons. The van der Waals surface area contributed by atoms with Crippen LogP contribution in [0.3, 0.4) is 0 Å². The predicted octanol–water partition coefficient (Wildman–Crippen LogP) is 5.19. The molecule has 0 N–H and O–H groups in total. The molecule has 3 heterocycles. The van der Waals surface area contributed by atoms with E-state index in [0.29, 0.717) is 11.0 Å². The van der Waals surface area contributed by atoms with Gasteiger partial charge in [0.2, 0.25) is 0 Å². The minimum Gasteiger partial charge on any atom is -0.372 e. The van der Waals surface area contributed by atoms with Crippen molar-refractivity contribution in [2.75, 3.05) is 50.7 Å². The van der Waals surface area contributed by atoms with Gasteiger partial charge < -0.3 is 9.80 Å². The van der Waals surface area contributed by atoms with Gasteiger partial charge in [-0.2, -0.15) is 0 Å². The Morgan fingerprint density at radius 3 is 1.93 bits per heavy atom. The second-order valence-corrected chi connectivity index (χ2v) is 11.2. The van der Waals surface area contributed by atoms with E-state index in [9.17, 15) is 0 Å². The number of hydrogen-bond donors (Lipinski definition) is 0. The third-order valence-corrected chi connectivity index (χ3v) is 8.22. The molecule has 0 aromatic heterocycles. The van der Waals surface area contributed by atoms with E-state index in [4.69, 9.17) is 0 Å². The number of benzene rings is 1. The van der Waals surface area contributed by atoms with Gasteiger partial charge in [-0.1, -0.05) is 17.7 Å². The highest BCUT2D eigenvalue weighted by molar-refractivity contribution is 5.47. The van der Waals surface area contributed by atoms with Crippen LogP contribution in [0.25, 0.3) is 0 Å². The van der Waals surface area contributed by atoms with Gasteiger partial charge in [0.05, 0.1) is 0 Å². The van der Waals surface area contributed by atoms with Crippen molar-refractivity contribution in [3.05, 3.63) is 29.8 Å². The Labute approximate surface area is 179 Å². The third kappa shape index (κ3) is 5.17. The largest absolute Gasteiger partial charge is 0.372 e. The van der Waals surface area contributed by atoms with Crippen molar-refractivity contribution in [2.45, 2.75) is 71.8 Å². The van der Waals surface area contributed by atoms with Gasteiger partial charge in [0.25, 0.3) is 0 Å². The fraction of sp³-hybridized carbons (Fsp3) is 0.769. The molecule has 0 atom stereocenters. The van der Waals surface area contributed by atoms with Crippen LogP contribution in [0.4, 0.5) is 5.69 Å². The molecule has 0 aliphatic carbocycles. The van der Waals surface area contributed by atoms with Gasteiger partial charge in [-0.25, -0.2) is 0 Å². The van der Waals surface area contributed by atoms with Crippen LogP contribution in [-0.4, -0.2) is 61.2 Å². The second kappa shape index (κ2) is 8.59. The minimum absolute atomic E-state index is 0.343. The van der Waals surface area contributed by atoms with Crippen LogP contribution in [0.2, 0.25) is 0 Å². The Balaban J connectivity index is 1.20. The number of rotatable bonds is 3. The van der Waals surface area contributed by atoms with Gasteiger partial charge in [0, 0.05) is 30.9 Å². The van der Waals surface area contributed by atoms with Crippen LogP contribution in [0, 0.1) is 18.3 Å². The highest BCUT2D eigenvalue weighted by Gasteiger charge is 2.39. The summed E-state index contributed by atoms with van der Waals surface area (Å²) in [6.45, 7) is 18.4. The maximum atomic E-state index is 2.80. The first-order valence-electron chi connectivity index (χ1n) is 12.1. The van der Waals surface area contributed by atoms with Crippen molar-refractivity contribution in [2.24, 2.45) is 11.3 Å². The zero-order valence-corrected chi connectivity index (χ0v) is 19.4. The summed E-state index contributed by atoms with van der Waals surface area (Å²) in [6, 6.07) is 9.09. The van der Waals surface area contributed by atoms with Crippen molar-refractivity contribution in [3.63, 3.8) is 0 Å². The van der Waals surface area contributed by atoms with Crippen LogP contribution >= 0.6 is 0 Å². The van der Waals surface area contributed by atoms with Gasteiger partial charge >= 0.3 is 0 Å². The molecule has 0 unspecified atom stereocenters. The van der Waals surface area contributed by atoms with Crippen LogP contribution < -0.4 is 4.90 Å². The molecular weight excluding hydrogens is 354 g/mol. The number of anilines is 1. The number of hydrogen-bond acceptors (Lipinski definition) is 3. The van der Waals surface area contributed by atoms with Gasteiger partial charge in [-0.05, 0) is 116 Å². The van der Waals surface area contributed by atoms with Crippen molar-refractivity contribution < 1.29 is 0 Å². The molecule has 3 fully saturated rings. The number of nitrogens with zero attached hydrogens (tertiary/aromatic N) is 3. The van der Waals surface area contributed by atoms with E-state index in [1.54, 1.807) is 0 Å². The maximum absolute atomic E-state index is 2.80. The van der Waals surface area contributed by atoms with Gasteiger partial charge in [-0.3, -0.25) is 4.90 Å². The Bertz CT molecular complexity index is 634. The van der Waals surface area contributed by atoms with Crippen molar-refractivity contribution in [1.29, 1.82) is 0 Å². The first kappa shape index (κ1) is 21.2. The van der Waals surface area contributed by atoms with Crippen LogP contribution in [-0.2, 0) is 0 Å².